The van der Waals surface area contributed by atoms with E-state index in [2.05, 4.69) is 5.32 Å². The Bertz CT molecular complexity index is 237. The van der Waals surface area contributed by atoms with Crippen LogP contribution in [0.5, 0.6) is 0 Å². The Balaban J connectivity index is 3.72. The fraction of sp³-hybridized carbons (Fsp3) is 0.800. The molecule has 3 N–H and O–H groups in total. The number of nitrogens with one attached hydrogen (secondary N) is 1. The van der Waals surface area contributed by atoms with Gasteiger partial charge in [-0.25, -0.2) is 0 Å². The van der Waals surface area contributed by atoms with Gasteiger partial charge in [0.05, 0.1) is 5.54 Å². The van der Waals surface area contributed by atoms with Crippen molar-refractivity contribution >= 4 is 11.8 Å². The summed E-state index contributed by atoms with van der Waals surface area (Å²) >= 11 is 0. The molecule has 0 aliphatic rings. The minimum Gasteiger partial charge on any atom is -0.368 e. The van der Waals surface area contributed by atoms with E-state index in [0.29, 0.717) is 19.4 Å². The van der Waals surface area contributed by atoms with Crippen LogP contribution in [0.1, 0.15) is 26.7 Å². The zero-order valence-electron chi connectivity index (χ0n) is 9.96. The highest BCUT2D eigenvalue weighted by Crippen LogP contribution is 2.01. The first-order valence-electron chi connectivity index (χ1n) is 5.02. The van der Waals surface area contributed by atoms with Crippen LogP contribution in [-0.4, -0.2) is 42.9 Å². The number of hydrogen-bond donors (Lipinski definition) is 2. The van der Waals surface area contributed by atoms with Crippen LogP contribution >= 0.6 is 0 Å². The summed E-state index contributed by atoms with van der Waals surface area (Å²) in [7, 11) is 3.45. The summed E-state index contributed by atoms with van der Waals surface area (Å²) in [5, 5.41) is 3.01. The van der Waals surface area contributed by atoms with Gasteiger partial charge < -0.3 is 16.0 Å². The molecule has 2 amide bonds. The van der Waals surface area contributed by atoms with Crippen molar-refractivity contribution in [2.24, 2.45) is 5.73 Å². The number of primary amides is 1. The number of hydrogen-bond acceptors (Lipinski definition) is 3. The van der Waals surface area contributed by atoms with E-state index in [0.717, 1.165) is 0 Å². The molecule has 0 radical (unpaired) electrons. The van der Waals surface area contributed by atoms with E-state index in [4.69, 9.17) is 5.73 Å². The first-order chi connectivity index (χ1) is 6.77. The average molecular weight is 215 g/mol. The summed E-state index contributed by atoms with van der Waals surface area (Å²) in [6.45, 7) is 4.06. The molecular weight excluding hydrogens is 194 g/mol. The summed E-state index contributed by atoms with van der Waals surface area (Å²) in [6, 6.07) is 0. The zero-order valence-corrected chi connectivity index (χ0v) is 9.96. The van der Waals surface area contributed by atoms with Gasteiger partial charge in [-0.15, -0.1) is 0 Å². The second kappa shape index (κ2) is 5.70. The van der Waals surface area contributed by atoms with Gasteiger partial charge in [0.25, 0.3) is 0 Å². The number of nitrogens with two attached hydrogens (primary N) is 1. The van der Waals surface area contributed by atoms with Crippen LogP contribution in [0.2, 0.25) is 0 Å². The molecule has 0 aliphatic carbocycles. The normalized spacial score (nSPS) is 11.2. The number of nitrogens with zero attached hydrogens (tertiary/aromatic N) is 1. The van der Waals surface area contributed by atoms with Crippen LogP contribution in [0.15, 0.2) is 0 Å². The first-order valence-corrected chi connectivity index (χ1v) is 5.02. The topological polar surface area (TPSA) is 75.4 Å². The van der Waals surface area contributed by atoms with Crippen molar-refractivity contribution < 1.29 is 9.59 Å². The third kappa shape index (κ3) is 5.37. The van der Waals surface area contributed by atoms with Crippen LogP contribution in [0.3, 0.4) is 0 Å². The maximum Gasteiger partial charge on any atom is 0.237 e. The number of amides is 2. The van der Waals surface area contributed by atoms with Crippen LogP contribution < -0.4 is 11.1 Å². The van der Waals surface area contributed by atoms with E-state index in [-0.39, 0.29) is 11.8 Å². The lowest BCUT2D eigenvalue weighted by Crippen LogP contribution is -2.50. The molecule has 0 fully saturated rings. The predicted octanol–water partition coefficient (Wildman–Crippen LogP) is -0.292. The molecular formula is C10H21N3O2. The van der Waals surface area contributed by atoms with E-state index >= 15 is 0 Å². The molecule has 0 aromatic carbocycles. The van der Waals surface area contributed by atoms with Gasteiger partial charge in [0.15, 0.2) is 0 Å². The maximum atomic E-state index is 11.2. The largest absolute Gasteiger partial charge is 0.368 e. The summed E-state index contributed by atoms with van der Waals surface area (Å²) in [6.07, 6.45) is 1.18. The van der Waals surface area contributed by atoms with Gasteiger partial charge in [-0.1, -0.05) is 0 Å². The van der Waals surface area contributed by atoms with Crippen molar-refractivity contribution in [2.75, 3.05) is 20.6 Å². The van der Waals surface area contributed by atoms with Crippen LogP contribution in [0.4, 0.5) is 0 Å². The Kier molecular flexibility index (Phi) is 5.28. The molecule has 0 saturated heterocycles. The third-order valence-corrected chi connectivity index (χ3v) is 2.25. The van der Waals surface area contributed by atoms with Gasteiger partial charge in [-0.2, -0.15) is 0 Å². The summed E-state index contributed by atoms with van der Waals surface area (Å²) in [5.74, 6) is -0.296. The zero-order chi connectivity index (χ0) is 12.1. The lowest BCUT2D eigenvalue weighted by Gasteiger charge is -2.22. The SMILES string of the molecule is CN(C)C(=O)CCCNC(C)(C)C(N)=O. The average Bonchev–Trinajstić information content (AvgIpc) is 2.11. The first kappa shape index (κ1) is 13.9. The fourth-order valence-corrected chi connectivity index (χ4v) is 0.951. The number of carbonyl (C=O) groups excluding carboxylic acids is 2. The molecule has 0 aromatic rings. The molecule has 88 valence electrons. The quantitative estimate of drug-likeness (QED) is 0.598. The lowest BCUT2D eigenvalue weighted by molar-refractivity contribution is -0.128. The Hall–Kier alpha value is -1.10. The summed E-state index contributed by atoms with van der Waals surface area (Å²) in [4.78, 5) is 23.7. The van der Waals surface area contributed by atoms with Crippen molar-refractivity contribution in [1.29, 1.82) is 0 Å². The highest BCUT2D eigenvalue weighted by molar-refractivity contribution is 5.83. The van der Waals surface area contributed by atoms with Crippen molar-refractivity contribution in [2.45, 2.75) is 32.2 Å². The Labute approximate surface area is 91.0 Å². The van der Waals surface area contributed by atoms with Crippen molar-refractivity contribution in [1.82, 2.24) is 10.2 Å². The molecule has 0 saturated carbocycles. The monoisotopic (exact) mass is 215 g/mol. The van der Waals surface area contributed by atoms with Gasteiger partial charge in [-0.3, -0.25) is 9.59 Å². The second-order valence-electron chi connectivity index (χ2n) is 4.31. The third-order valence-electron chi connectivity index (χ3n) is 2.25. The summed E-state index contributed by atoms with van der Waals surface area (Å²) < 4.78 is 0. The molecule has 5 nitrogen and oxygen atoms in total. The van der Waals surface area contributed by atoms with E-state index in [1.807, 2.05) is 0 Å². The van der Waals surface area contributed by atoms with Crippen molar-refractivity contribution in [3.05, 3.63) is 0 Å². The number of carbonyl (C=O) groups is 2. The van der Waals surface area contributed by atoms with E-state index < -0.39 is 5.54 Å². The predicted molar refractivity (Wildman–Crippen MR) is 59.2 cm³/mol. The molecule has 0 aromatic heterocycles. The highest BCUT2D eigenvalue weighted by Gasteiger charge is 2.23. The molecule has 0 bridgehead atoms. The standard InChI is InChI=1S/C10H21N3O2/c1-10(2,9(11)15)12-7-5-6-8(14)13(3)4/h12H,5-7H2,1-4H3,(H2,11,15). The van der Waals surface area contributed by atoms with Gasteiger partial charge in [0.1, 0.15) is 0 Å². The smallest absolute Gasteiger partial charge is 0.237 e. The van der Waals surface area contributed by atoms with E-state index in [1.54, 1.807) is 32.8 Å². The summed E-state index contributed by atoms with van der Waals surface area (Å²) in [5.41, 5.74) is 4.48. The molecule has 0 atom stereocenters. The van der Waals surface area contributed by atoms with Crippen molar-refractivity contribution in [3.8, 4) is 0 Å². The molecule has 0 heterocycles. The fourth-order valence-electron chi connectivity index (χ4n) is 0.951. The van der Waals surface area contributed by atoms with Crippen molar-refractivity contribution in [3.63, 3.8) is 0 Å². The van der Waals surface area contributed by atoms with Gasteiger partial charge >= 0.3 is 0 Å². The maximum absolute atomic E-state index is 11.2. The molecule has 0 spiro atoms. The van der Waals surface area contributed by atoms with Crippen LogP contribution in [0.25, 0.3) is 0 Å². The molecule has 0 unspecified atom stereocenters. The molecule has 5 heteroatoms. The van der Waals surface area contributed by atoms with Crippen LogP contribution in [-0.2, 0) is 9.59 Å². The molecule has 15 heavy (non-hydrogen) atoms. The van der Waals surface area contributed by atoms with E-state index in [9.17, 15) is 9.59 Å². The number of rotatable bonds is 6. The minimum atomic E-state index is -0.707. The van der Waals surface area contributed by atoms with Crippen LogP contribution in [0, 0.1) is 0 Å². The van der Waals surface area contributed by atoms with Gasteiger partial charge in [-0.05, 0) is 26.8 Å². The van der Waals surface area contributed by atoms with Gasteiger partial charge in [0, 0.05) is 20.5 Å². The molecule has 0 aliphatic heterocycles. The van der Waals surface area contributed by atoms with E-state index in [1.165, 1.54) is 0 Å². The Morgan fingerprint density at radius 2 is 1.87 bits per heavy atom. The lowest BCUT2D eigenvalue weighted by atomic mass is 10.1. The Morgan fingerprint density at radius 1 is 1.33 bits per heavy atom. The minimum absolute atomic E-state index is 0.0914. The second-order valence-corrected chi connectivity index (χ2v) is 4.31. The Morgan fingerprint density at radius 3 is 2.27 bits per heavy atom. The highest BCUT2D eigenvalue weighted by atomic mass is 16.2. The van der Waals surface area contributed by atoms with Gasteiger partial charge in [0.2, 0.25) is 11.8 Å². The molecule has 0 rings (SSSR count).